The smallest absolute Gasteiger partial charge is 0.138 e. The zero-order valence-corrected chi connectivity index (χ0v) is 7.50. The molecule has 0 saturated carbocycles. The highest BCUT2D eigenvalue weighted by molar-refractivity contribution is 5.24. The summed E-state index contributed by atoms with van der Waals surface area (Å²) in [5.74, 6) is 0. The molecule has 1 rings (SSSR count). The summed E-state index contributed by atoms with van der Waals surface area (Å²) in [4.78, 5) is 0. The summed E-state index contributed by atoms with van der Waals surface area (Å²) in [5.41, 5.74) is 1.49. The van der Waals surface area contributed by atoms with Gasteiger partial charge in [0.05, 0.1) is 5.69 Å². The Morgan fingerprint density at radius 1 is 1.75 bits per heavy atom. The average Bonchev–Trinajstić information content (AvgIpc) is 2.45. The molecule has 0 aliphatic rings. The molecule has 64 valence electrons. The van der Waals surface area contributed by atoms with Crippen molar-refractivity contribution in [3.63, 3.8) is 0 Å². The number of nitrogens with one attached hydrogen (secondary N) is 1. The van der Waals surface area contributed by atoms with Gasteiger partial charge in [-0.05, 0) is 20.0 Å². The maximum atomic E-state index is 8.66. The third kappa shape index (κ3) is 1.46. The minimum absolute atomic E-state index is 0.193. The fourth-order valence-electron chi connectivity index (χ4n) is 0.954. The predicted octanol–water partition coefficient (Wildman–Crippen LogP) is 0.572. The quantitative estimate of drug-likeness (QED) is 0.695. The van der Waals surface area contributed by atoms with E-state index in [0.29, 0.717) is 5.69 Å². The van der Waals surface area contributed by atoms with Crippen LogP contribution in [-0.2, 0) is 7.05 Å². The summed E-state index contributed by atoms with van der Waals surface area (Å²) in [6.45, 7) is 2.00. The zero-order chi connectivity index (χ0) is 9.14. The molecule has 0 saturated heterocycles. The monoisotopic (exact) mass is 164 g/mol. The summed E-state index contributed by atoms with van der Waals surface area (Å²) in [6, 6.07) is 4.05. The Balaban J connectivity index is 2.98. The maximum absolute atomic E-state index is 8.66. The summed E-state index contributed by atoms with van der Waals surface area (Å²) in [7, 11) is 3.63. The maximum Gasteiger partial charge on any atom is 0.138 e. The van der Waals surface area contributed by atoms with Crippen LogP contribution in [0.1, 0.15) is 24.4 Å². The van der Waals surface area contributed by atoms with Gasteiger partial charge in [0, 0.05) is 13.1 Å². The first-order valence-corrected chi connectivity index (χ1v) is 3.80. The summed E-state index contributed by atoms with van der Waals surface area (Å²) in [6.07, 6.45) is 0. The van der Waals surface area contributed by atoms with Crippen LogP contribution in [0.5, 0.6) is 0 Å². The lowest BCUT2D eigenvalue weighted by molar-refractivity contribution is 0.611. The second-order valence-electron chi connectivity index (χ2n) is 2.70. The first-order chi connectivity index (χ1) is 5.69. The Bertz CT molecular complexity index is 307. The van der Waals surface area contributed by atoms with E-state index in [1.54, 1.807) is 17.8 Å². The molecule has 1 aromatic rings. The number of hydrogen-bond donors (Lipinski definition) is 1. The molecule has 0 unspecified atom stereocenters. The van der Waals surface area contributed by atoms with Gasteiger partial charge >= 0.3 is 0 Å². The van der Waals surface area contributed by atoms with E-state index in [9.17, 15) is 0 Å². The third-order valence-electron chi connectivity index (χ3n) is 1.89. The Morgan fingerprint density at radius 2 is 2.42 bits per heavy atom. The van der Waals surface area contributed by atoms with E-state index >= 15 is 0 Å². The first kappa shape index (κ1) is 8.75. The highest BCUT2D eigenvalue weighted by Gasteiger charge is 2.08. The van der Waals surface area contributed by atoms with E-state index in [-0.39, 0.29) is 6.04 Å². The first-order valence-electron chi connectivity index (χ1n) is 3.80. The fourth-order valence-corrected chi connectivity index (χ4v) is 0.954. The zero-order valence-electron chi connectivity index (χ0n) is 7.50. The number of nitriles is 1. The van der Waals surface area contributed by atoms with Crippen LogP contribution in [0.4, 0.5) is 0 Å². The lowest BCUT2D eigenvalue weighted by atomic mass is 10.2. The molecule has 1 N–H and O–H groups in total. The topological polar surface area (TPSA) is 53.6 Å². The van der Waals surface area contributed by atoms with Crippen molar-refractivity contribution in [2.24, 2.45) is 7.05 Å². The molecule has 0 aromatic carbocycles. The van der Waals surface area contributed by atoms with E-state index in [4.69, 9.17) is 5.26 Å². The van der Waals surface area contributed by atoms with Gasteiger partial charge in [0.2, 0.25) is 0 Å². The Hall–Kier alpha value is -1.34. The van der Waals surface area contributed by atoms with E-state index < -0.39 is 0 Å². The average molecular weight is 164 g/mol. The van der Waals surface area contributed by atoms with Crippen LogP contribution in [0.3, 0.4) is 0 Å². The van der Waals surface area contributed by atoms with Gasteiger partial charge in [0.15, 0.2) is 0 Å². The van der Waals surface area contributed by atoms with Gasteiger partial charge in [-0.2, -0.15) is 10.4 Å². The number of aromatic nitrogens is 2. The number of hydrogen-bond acceptors (Lipinski definition) is 3. The molecule has 4 heteroatoms. The van der Waals surface area contributed by atoms with Crippen molar-refractivity contribution >= 4 is 0 Å². The molecule has 4 nitrogen and oxygen atoms in total. The second-order valence-corrected chi connectivity index (χ2v) is 2.70. The molecule has 1 aromatic heterocycles. The predicted molar refractivity (Wildman–Crippen MR) is 45.4 cm³/mol. The molecule has 1 heterocycles. The third-order valence-corrected chi connectivity index (χ3v) is 1.89. The van der Waals surface area contributed by atoms with Crippen molar-refractivity contribution in [1.29, 1.82) is 5.26 Å². The number of rotatable bonds is 2. The van der Waals surface area contributed by atoms with Crippen molar-refractivity contribution in [2.45, 2.75) is 13.0 Å². The molecule has 0 bridgehead atoms. The molecule has 12 heavy (non-hydrogen) atoms. The van der Waals surface area contributed by atoms with E-state index in [1.807, 2.05) is 14.0 Å². The normalized spacial score (nSPS) is 12.5. The SMILES string of the molecule is CN[C@@H](C)c1cc(C#N)n(C)n1. The molecule has 1 atom stereocenters. The molecular formula is C8H12N4. The minimum atomic E-state index is 0.193. The van der Waals surface area contributed by atoms with Crippen molar-refractivity contribution in [3.8, 4) is 6.07 Å². The van der Waals surface area contributed by atoms with Crippen LogP contribution in [0, 0.1) is 11.3 Å². The van der Waals surface area contributed by atoms with Crippen molar-refractivity contribution < 1.29 is 0 Å². The Kier molecular flexibility index (Phi) is 2.46. The number of aryl methyl sites for hydroxylation is 1. The highest BCUT2D eigenvalue weighted by atomic mass is 15.3. The summed E-state index contributed by atoms with van der Waals surface area (Å²) in [5, 5.41) is 15.9. The van der Waals surface area contributed by atoms with Gasteiger partial charge < -0.3 is 5.32 Å². The van der Waals surface area contributed by atoms with Crippen LogP contribution >= 0.6 is 0 Å². The highest BCUT2D eigenvalue weighted by Crippen LogP contribution is 2.10. The fraction of sp³-hybridized carbons (Fsp3) is 0.500. The minimum Gasteiger partial charge on any atom is -0.312 e. The molecule has 0 amide bonds. The van der Waals surface area contributed by atoms with E-state index in [0.717, 1.165) is 5.69 Å². The molecule has 0 fully saturated rings. The van der Waals surface area contributed by atoms with E-state index in [1.165, 1.54) is 0 Å². The van der Waals surface area contributed by atoms with Crippen LogP contribution < -0.4 is 5.32 Å². The lowest BCUT2D eigenvalue weighted by Gasteiger charge is -2.04. The van der Waals surface area contributed by atoms with Crippen LogP contribution in [0.2, 0.25) is 0 Å². The van der Waals surface area contributed by atoms with Crippen molar-refractivity contribution in [3.05, 3.63) is 17.5 Å². The lowest BCUT2D eigenvalue weighted by Crippen LogP contribution is -2.13. The van der Waals surface area contributed by atoms with Crippen molar-refractivity contribution in [1.82, 2.24) is 15.1 Å². The molecular weight excluding hydrogens is 152 g/mol. The van der Waals surface area contributed by atoms with Crippen molar-refractivity contribution in [2.75, 3.05) is 7.05 Å². The van der Waals surface area contributed by atoms with E-state index in [2.05, 4.69) is 16.5 Å². The second kappa shape index (κ2) is 3.37. The van der Waals surface area contributed by atoms with Gasteiger partial charge in [-0.1, -0.05) is 0 Å². The van der Waals surface area contributed by atoms with Crippen LogP contribution in [0.15, 0.2) is 6.07 Å². The molecule has 0 radical (unpaired) electrons. The van der Waals surface area contributed by atoms with Gasteiger partial charge in [-0.3, -0.25) is 4.68 Å². The van der Waals surface area contributed by atoms with Crippen LogP contribution in [0.25, 0.3) is 0 Å². The Morgan fingerprint density at radius 3 is 2.83 bits per heavy atom. The molecule has 0 aliphatic heterocycles. The largest absolute Gasteiger partial charge is 0.312 e. The molecule has 0 aliphatic carbocycles. The molecule has 0 spiro atoms. The van der Waals surface area contributed by atoms with Gasteiger partial charge in [-0.15, -0.1) is 0 Å². The van der Waals surface area contributed by atoms with Gasteiger partial charge in [0.25, 0.3) is 0 Å². The summed E-state index contributed by atoms with van der Waals surface area (Å²) >= 11 is 0. The summed E-state index contributed by atoms with van der Waals surface area (Å²) < 4.78 is 1.59. The Labute approximate surface area is 71.8 Å². The van der Waals surface area contributed by atoms with Gasteiger partial charge in [0.1, 0.15) is 11.8 Å². The number of nitrogens with zero attached hydrogens (tertiary/aromatic N) is 3. The van der Waals surface area contributed by atoms with Gasteiger partial charge in [-0.25, -0.2) is 0 Å². The van der Waals surface area contributed by atoms with Crippen LogP contribution in [-0.4, -0.2) is 16.8 Å². The standard InChI is InChI=1S/C8H12N4/c1-6(10-2)8-4-7(5-9)12(3)11-8/h4,6,10H,1-3H3/t6-/m0/s1.